The number of benzene rings is 1. The first-order chi connectivity index (χ1) is 8.45. The molecule has 0 radical (unpaired) electrons. The van der Waals surface area contributed by atoms with Crippen molar-refractivity contribution >= 4 is 33.4 Å². The van der Waals surface area contributed by atoms with Crippen LogP contribution >= 0.6 is 27.5 Å². The van der Waals surface area contributed by atoms with Crippen molar-refractivity contribution in [1.82, 2.24) is 4.90 Å². The lowest BCUT2D eigenvalue weighted by Crippen LogP contribution is -2.34. The zero-order valence-electron chi connectivity index (χ0n) is 10.1. The van der Waals surface area contributed by atoms with Crippen LogP contribution in [0.3, 0.4) is 0 Å². The van der Waals surface area contributed by atoms with Crippen LogP contribution in [-0.2, 0) is 4.74 Å². The van der Waals surface area contributed by atoms with Gasteiger partial charge < -0.3 is 9.64 Å². The fourth-order valence-corrected chi connectivity index (χ4v) is 2.34. The number of rotatable bonds is 5. The van der Waals surface area contributed by atoms with Gasteiger partial charge in [0.15, 0.2) is 0 Å². The molecular formula is C12H14BrClFNO2. The van der Waals surface area contributed by atoms with Crippen molar-refractivity contribution in [3.63, 3.8) is 0 Å². The number of hydrogen-bond acceptors (Lipinski definition) is 2. The van der Waals surface area contributed by atoms with Gasteiger partial charge in [0.25, 0.3) is 5.91 Å². The zero-order chi connectivity index (χ0) is 13.7. The Hall–Kier alpha value is -0.650. The van der Waals surface area contributed by atoms with Gasteiger partial charge in [-0.2, -0.15) is 0 Å². The van der Waals surface area contributed by atoms with Gasteiger partial charge in [0, 0.05) is 25.7 Å². The van der Waals surface area contributed by atoms with Gasteiger partial charge in [0.2, 0.25) is 0 Å². The van der Waals surface area contributed by atoms with Crippen LogP contribution in [0.25, 0.3) is 0 Å². The van der Waals surface area contributed by atoms with E-state index in [1.54, 1.807) is 14.2 Å². The van der Waals surface area contributed by atoms with Crippen molar-refractivity contribution in [1.29, 1.82) is 0 Å². The van der Waals surface area contributed by atoms with Gasteiger partial charge >= 0.3 is 0 Å². The second kappa shape index (κ2) is 7.07. The summed E-state index contributed by atoms with van der Waals surface area (Å²) in [6.45, 7) is 0.898. The molecule has 0 heterocycles. The summed E-state index contributed by atoms with van der Waals surface area (Å²) in [6.07, 6.45) is 0. The minimum absolute atomic E-state index is 0.00631. The number of halogens is 3. The lowest BCUT2D eigenvalue weighted by molar-refractivity contribution is 0.0779. The zero-order valence-corrected chi connectivity index (χ0v) is 12.5. The van der Waals surface area contributed by atoms with Crippen molar-refractivity contribution in [2.24, 2.45) is 0 Å². The quantitative estimate of drug-likeness (QED) is 0.773. The Morgan fingerprint density at radius 3 is 2.83 bits per heavy atom. The van der Waals surface area contributed by atoms with E-state index >= 15 is 0 Å². The van der Waals surface area contributed by atoms with Crippen molar-refractivity contribution in [2.75, 3.05) is 27.3 Å². The minimum Gasteiger partial charge on any atom is -0.383 e. The van der Waals surface area contributed by atoms with Crippen molar-refractivity contribution < 1.29 is 13.9 Å². The first-order valence-corrected chi connectivity index (χ1v) is 6.58. The fraction of sp³-hybridized carbons (Fsp3) is 0.417. The summed E-state index contributed by atoms with van der Waals surface area (Å²) in [7, 11) is 3.19. The van der Waals surface area contributed by atoms with E-state index in [4.69, 9.17) is 16.3 Å². The number of carbonyl (C=O) groups excluding carboxylic acids is 1. The van der Waals surface area contributed by atoms with E-state index in [2.05, 4.69) is 15.9 Å². The van der Waals surface area contributed by atoms with Gasteiger partial charge in [0.1, 0.15) is 5.82 Å². The standard InChI is InChI=1S/C12H14BrClFNO2/c1-16(6-8(13)7-18-2)12(17)10-4-3-9(14)5-11(10)15/h3-5,8H,6-7H2,1-2H3. The highest BCUT2D eigenvalue weighted by atomic mass is 79.9. The molecule has 0 aliphatic carbocycles. The molecule has 3 nitrogen and oxygen atoms in total. The van der Waals surface area contributed by atoms with E-state index in [0.717, 1.165) is 6.07 Å². The summed E-state index contributed by atoms with van der Waals surface area (Å²) in [6, 6.07) is 4.01. The largest absolute Gasteiger partial charge is 0.383 e. The normalized spacial score (nSPS) is 12.3. The number of methoxy groups -OCH3 is 1. The van der Waals surface area contributed by atoms with Crippen molar-refractivity contribution in [3.05, 3.63) is 34.6 Å². The second-order valence-corrected chi connectivity index (χ2v) is 5.59. The lowest BCUT2D eigenvalue weighted by Gasteiger charge is -2.20. The van der Waals surface area contributed by atoms with E-state index in [9.17, 15) is 9.18 Å². The molecule has 100 valence electrons. The Morgan fingerprint density at radius 1 is 1.61 bits per heavy atom. The summed E-state index contributed by atoms with van der Waals surface area (Å²) in [5.74, 6) is -0.998. The summed E-state index contributed by atoms with van der Waals surface area (Å²) < 4.78 is 18.5. The van der Waals surface area contributed by atoms with Crippen LogP contribution in [0.4, 0.5) is 4.39 Å². The monoisotopic (exact) mass is 337 g/mol. The molecule has 0 saturated heterocycles. The molecule has 0 spiro atoms. The van der Waals surface area contributed by atoms with Gasteiger partial charge in [-0.25, -0.2) is 4.39 Å². The third-order valence-corrected chi connectivity index (χ3v) is 3.12. The molecule has 0 aromatic heterocycles. The predicted molar refractivity (Wildman–Crippen MR) is 73.0 cm³/mol. The lowest BCUT2D eigenvalue weighted by atomic mass is 10.2. The highest BCUT2D eigenvalue weighted by Gasteiger charge is 2.18. The van der Waals surface area contributed by atoms with Gasteiger partial charge in [-0.15, -0.1) is 0 Å². The molecule has 6 heteroatoms. The minimum atomic E-state index is -0.614. The molecule has 0 N–H and O–H groups in total. The maximum atomic E-state index is 13.6. The van der Waals surface area contributed by atoms with Crippen LogP contribution in [0.15, 0.2) is 18.2 Å². The van der Waals surface area contributed by atoms with Crippen LogP contribution < -0.4 is 0 Å². The molecule has 0 bridgehead atoms. The number of alkyl halides is 1. The Morgan fingerprint density at radius 2 is 2.28 bits per heavy atom. The van der Waals surface area contributed by atoms with Gasteiger partial charge in [-0.05, 0) is 18.2 Å². The van der Waals surface area contributed by atoms with Crippen LogP contribution in [0.1, 0.15) is 10.4 Å². The Balaban J connectivity index is 2.74. The molecule has 0 aliphatic rings. The maximum absolute atomic E-state index is 13.6. The van der Waals surface area contributed by atoms with E-state index in [1.807, 2.05) is 0 Å². The van der Waals surface area contributed by atoms with E-state index in [0.29, 0.717) is 13.2 Å². The summed E-state index contributed by atoms with van der Waals surface area (Å²) in [5, 5.41) is 0.268. The molecule has 1 amide bonds. The van der Waals surface area contributed by atoms with Gasteiger partial charge in [0.05, 0.1) is 17.0 Å². The highest BCUT2D eigenvalue weighted by Crippen LogP contribution is 2.16. The third-order valence-electron chi connectivity index (χ3n) is 2.33. The molecule has 1 unspecified atom stereocenters. The van der Waals surface area contributed by atoms with Crippen LogP contribution in [0.5, 0.6) is 0 Å². The maximum Gasteiger partial charge on any atom is 0.256 e. The van der Waals surface area contributed by atoms with E-state index in [1.165, 1.54) is 17.0 Å². The average molecular weight is 339 g/mol. The Bertz CT molecular complexity index is 431. The molecule has 1 rings (SSSR count). The van der Waals surface area contributed by atoms with Crippen LogP contribution in [-0.4, -0.2) is 42.9 Å². The second-order valence-electron chi connectivity index (χ2n) is 3.86. The predicted octanol–water partition coefficient (Wildman–Crippen LogP) is 2.96. The highest BCUT2D eigenvalue weighted by molar-refractivity contribution is 9.09. The smallest absolute Gasteiger partial charge is 0.256 e. The number of amides is 1. The molecule has 0 saturated carbocycles. The number of ether oxygens (including phenoxy) is 1. The fourth-order valence-electron chi connectivity index (χ4n) is 1.48. The van der Waals surface area contributed by atoms with E-state index < -0.39 is 5.82 Å². The Kier molecular flexibility index (Phi) is 6.05. The van der Waals surface area contributed by atoms with E-state index in [-0.39, 0.29) is 21.3 Å². The van der Waals surface area contributed by atoms with Gasteiger partial charge in [-0.1, -0.05) is 27.5 Å². The topological polar surface area (TPSA) is 29.5 Å². The number of nitrogens with zero attached hydrogens (tertiary/aromatic N) is 1. The molecule has 0 fully saturated rings. The van der Waals surface area contributed by atoms with Crippen LogP contribution in [0, 0.1) is 5.82 Å². The summed E-state index contributed by atoms with van der Waals surface area (Å²) >= 11 is 9.01. The first-order valence-electron chi connectivity index (χ1n) is 5.29. The third kappa shape index (κ3) is 4.23. The van der Waals surface area contributed by atoms with Crippen molar-refractivity contribution in [2.45, 2.75) is 4.83 Å². The SMILES string of the molecule is COCC(Br)CN(C)C(=O)c1ccc(Cl)cc1F. The molecule has 1 aromatic rings. The molecule has 1 atom stereocenters. The van der Waals surface area contributed by atoms with Crippen molar-refractivity contribution in [3.8, 4) is 0 Å². The van der Waals surface area contributed by atoms with Crippen LogP contribution in [0.2, 0.25) is 5.02 Å². The summed E-state index contributed by atoms with van der Waals surface area (Å²) in [5.41, 5.74) is 0.0130. The number of hydrogen-bond donors (Lipinski definition) is 0. The van der Waals surface area contributed by atoms with Gasteiger partial charge in [-0.3, -0.25) is 4.79 Å². The number of carbonyl (C=O) groups is 1. The molecule has 1 aromatic carbocycles. The molecule has 18 heavy (non-hydrogen) atoms. The molecular weight excluding hydrogens is 324 g/mol. The average Bonchev–Trinajstić information content (AvgIpc) is 2.28. The summed E-state index contributed by atoms with van der Waals surface area (Å²) in [4.78, 5) is 13.4. The first kappa shape index (κ1) is 15.4. The molecule has 0 aliphatic heterocycles. The Labute approximate surface area is 119 Å².